The van der Waals surface area contributed by atoms with Crippen molar-refractivity contribution in [3.8, 4) is 0 Å². The van der Waals surface area contributed by atoms with Crippen LogP contribution in [-0.4, -0.2) is 48.3 Å². The summed E-state index contributed by atoms with van der Waals surface area (Å²) in [5, 5.41) is 8.41. The van der Waals surface area contributed by atoms with E-state index in [4.69, 9.17) is 0 Å². The van der Waals surface area contributed by atoms with Gasteiger partial charge in [-0.05, 0) is 44.8 Å². The number of aromatic amines is 1. The van der Waals surface area contributed by atoms with Crippen LogP contribution in [0.1, 0.15) is 17.0 Å². The second kappa shape index (κ2) is 6.15. The molecule has 1 aliphatic rings. The number of fused-ring (bicyclic) bond motifs is 1. The summed E-state index contributed by atoms with van der Waals surface area (Å²) < 4.78 is 13.4. The molecule has 2 unspecified atom stereocenters. The van der Waals surface area contributed by atoms with Gasteiger partial charge in [-0.15, -0.1) is 0 Å². The second-order valence-corrected chi connectivity index (χ2v) is 7.19. The molecule has 0 amide bonds. The number of rotatable bonds is 3. The number of likely N-dealkylation sites (N-methyl/N-ethyl adjacent to an activating group) is 1. The highest BCUT2D eigenvalue weighted by molar-refractivity contribution is 5.90. The van der Waals surface area contributed by atoms with Gasteiger partial charge in [0.15, 0.2) is 5.82 Å². The Balaban J connectivity index is 1.68. The predicted octanol–water partition coefficient (Wildman–Crippen LogP) is 3.54. The minimum absolute atomic E-state index is 0.243. The van der Waals surface area contributed by atoms with Crippen LogP contribution in [0.4, 0.5) is 10.2 Å². The first-order chi connectivity index (χ1) is 12.0. The standard InChI is InChI=1S/C20H23FN4/c1-13-4-6-14(7-5-13)17-11-25(12-19(17)24(2)3)20-16-9-8-15(21)10-18(16)22-23-20/h4-10,17,19H,11-12H2,1-3H3,(H,22,23). The van der Waals surface area contributed by atoms with E-state index in [2.05, 4.69) is 65.3 Å². The highest BCUT2D eigenvalue weighted by Crippen LogP contribution is 2.35. The smallest absolute Gasteiger partial charge is 0.158 e. The summed E-state index contributed by atoms with van der Waals surface area (Å²) in [7, 11) is 4.26. The van der Waals surface area contributed by atoms with Crippen LogP contribution in [-0.2, 0) is 0 Å². The molecule has 130 valence electrons. The van der Waals surface area contributed by atoms with Gasteiger partial charge >= 0.3 is 0 Å². The summed E-state index contributed by atoms with van der Waals surface area (Å²) in [6.07, 6.45) is 0. The van der Waals surface area contributed by atoms with Gasteiger partial charge in [0.05, 0.1) is 5.52 Å². The fourth-order valence-corrected chi connectivity index (χ4v) is 3.84. The van der Waals surface area contributed by atoms with Gasteiger partial charge in [-0.25, -0.2) is 4.39 Å². The molecule has 25 heavy (non-hydrogen) atoms. The van der Waals surface area contributed by atoms with Crippen molar-refractivity contribution in [3.05, 3.63) is 59.4 Å². The summed E-state index contributed by atoms with van der Waals surface area (Å²) in [5.74, 6) is 1.09. The maximum absolute atomic E-state index is 13.4. The minimum Gasteiger partial charge on any atom is -0.352 e. The van der Waals surface area contributed by atoms with Crippen LogP contribution in [0.25, 0.3) is 10.9 Å². The SMILES string of the molecule is Cc1ccc(C2CN(c3n[nH]c4cc(F)ccc34)CC2N(C)C)cc1. The topological polar surface area (TPSA) is 35.2 Å². The Morgan fingerprint density at radius 2 is 1.88 bits per heavy atom. The largest absolute Gasteiger partial charge is 0.352 e. The number of aromatic nitrogens is 2. The van der Waals surface area contributed by atoms with Crippen molar-refractivity contribution in [1.29, 1.82) is 0 Å². The zero-order valence-corrected chi connectivity index (χ0v) is 14.8. The molecule has 5 heteroatoms. The molecule has 2 aromatic carbocycles. The molecule has 1 aromatic heterocycles. The summed E-state index contributed by atoms with van der Waals surface area (Å²) >= 11 is 0. The van der Waals surface area contributed by atoms with Crippen molar-refractivity contribution in [2.24, 2.45) is 0 Å². The van der Waals surface area contributed by atoms with E-state index in [0.29, 0.717) is 12.0 Å². The number of hydrogen-bond acceptors (Lipinski definition) is 3. The molecule has 0 radical (unpaired) electrons. The third-order valence-electron chi connectivity index (χ3n) is 5.26. The van der Waals surface area contributed by atoms with E-state index >= 15 is 0 Å². The summed E-state index contributed by atoms with van der Waals surface area (Å²) in [5.41, 5.74) is 3.38. The number of nitrogens with one attached hydrogen (secondary N) is 1. The normalized spacial score (nSPS) is 20.8. The summed E-state index contributed by atoms with van der Waals surface area (Å²) in [6.45, 7) is 3.93. The van der Waals surface area contributed by atoms with Crippen LogP contribution >= 0.6 is 0 Å². The van der Waals surface area contributed by atoms with E-state index in [-0.39, 0.29) is 5.82 Å². The molecule has 1 N–H and O–H groups in total. The van der Waals surface area contributed by atoms with Crippen molar-refractivity contribution in [2.75, 3.05) is 32.1 Å². The van der Waals surface area contributed by atoms with Crippen LogP contribution in [0.3, 0.4) is 0 Å². The molecule has 2 atom stereocenters. The van der Waals surface area contributed by atoms with Crippen molar-refractivity contribution in [2.45, 2.75) is 18.9 Å². The van der Waals surface area contributed by atoms with Crippen LogP contribution in [0.5, 0.6) is 0 Å². The fraction of sp³-hybridized carbons (Fsp3) is 0.350. The molecule has 1 fully saturated rings. The van der Waals surface area contributed by atoms with Gasteiger partial charge in [0.2, 0.25) is 0 Å². The van der Waals surface area contributed by atoms with E-state index in [1.807, 2.05) is 6.07 Å². The molecule has 1 aliphatic heterocycles. The average molecular weight is 338 g/mol. The molecule has 0 bridgehead atoms. The van der Waals surface area contributed by atoms with Crippen LogP contribution in [0.15, 0.2) is 42.5 Å². The van der Waals surface area contributed by atoms with Crippen LogP contribution in [0, 0.1) is 12.7 Å². The van der Waals surface area contributed by atoms with Gasteiger partial charge in [0.25, 0.3) is 0 Å². The molecule has 0 aliphatic carbocycles. The first kappa shape index (κ1) is 16.1. The van der Waals surface area contributed by atoms with Gasteiger partial charge in [0.1, 0.15) is 5.82 Å². The number of benzene rings is 2. The Morgan fingerprint density at radius 3 is 2.60 bits per heavy atom. The van der Waals surface area contributed by atoms with E-state index in [9.17, 15) is 4.39 Å². The van der Waals surface area contributed by atoms with Crippen LogP contribution in [0.2, 0.25) is 0 Å². The average Bonchev–Trinajstić information content (AvgIpc) is 3.19. The van der Waals surface area contributed by atoms with Crippen LogP contribution < -0.4 is 4.90 Å². The van der Waals surface area contributed by atoms with Crippen molar-refractivity contribution in [1.82, 2.24) is 15.1 Å². The molecular weight excluding hydrogens is 315 g/mol. The number of H-pyrrole nitrogens is 1. The second-order valence-electron chi connectivity index (χ2n) is 7.19. The molecular formula is C20H23FN4. The quantitative estimate of drug-likeness (QED) is 0.793. The third kappa shape index (κ3) is 2.89. The lowest BCUT2D eigenvalue weighted by Crippen LogP contribution is -2.34. The molecule has 2 heterocycles. The fourth-order valence-electron chi connectivity index (χ4n) is 3.84. The number of anilines is 1. The lowest BCUT2D eigenvalue weighted by Gasteiger charge is -2.25. The van der Waals surface area contributed by atoms with E-state index in [1.165, 1.54) is 23.3 Å². The summed E-state index contributed by atoms with van der Waals surface area (Å²) in [6, 6.07) is 14.1. The molecule has 4 nitrogen and oxygen atoms in total. The Morgan fingerprint density at radius 1 is 1.12 bits per heavy atom. The maximum Gasteiger partial charge on any atom is 0.158 e. The first-order valence-corrected chi connectivity index (χ1v) is 8.64. The molecule has 0 spiro atoms. The summed E-state index contributed by atoms with van der Waals surface area (Å²) in [4.78, 5) is 4.60. The van der Waals surface area contributed by atoms with Gasteiger partial charge in [-0.3, -0.25) is 5.10 Å². The van der Waals surface area contributed by atoms with E-state index in [1.54, 1.807) is 0 Å². The minimum atomic E-state index is -0.243. The van der Waals surface area contributed by atoms with Gasteiger partial charge in [-0.1, -0.05) is 29.8 Å². The highest BCUT2D eigenvalue weighted by Gasteiger charge is 2.36. The van der Waals surface area contributed by atoms with Crippen molar-refractivity contribution < 1.29 is 4.39 Å². The van der Waals surface area contributed by atoms with E-state index in [0.717, 1.165) is 29.8 Å². The van der Waals surface area contributed by atoms with E-state index < -0.39 is 0 Å². The van der Waals surface area contributed by atoms with Crippen molar-refractivity contribution in [3.63, 3.8) is 0 Å². The number of halogens is 1. The molecule has 1 saturated heterocycles. The molecule has 4 rings (SSSR count). The Kier molecular flexibility index (Phi) is 3.96. The predicted molar refractivity (Wildman–Crippen MR) is 99.7 cm³/mol. The third-order valence-corrected chi connectivity index (χ3v) is 5.26. The molecule has 0 saturated carbocycles. The maximum atomic E-state index is 13.4. The zero-order valence-electron chi connectivity index (χ0n) is 14.8. The first-order valence-electron chi connectivity index (χ1n) is 8.64. The lowest BCUT2D eigenvalue weighted by atomic mass is 9.93. The van der Waals surface area contributed by atoms with Crippen molar-refractivity contribution >= 4 is 16.7 Å². The Bertz CT molecular complexity index is 884. The van der Waals surface area contributed by atoms with Gasteiger partial charge in [0, 0.05) is 30.4 Å². The Labute approximate surface area is 147 Å². The Hall–Kier alpha value is -2.40. The number of nitrogens with zero attached hydrogens (tertiary/aromatic N) is 3. The monoisotopic (exact) mass is 338 g/mol. The van der Waals surface area contributed by atoms with Gasteiger partial charge in [-0.2, -0.15) is 5.10 Å². The zero-order chi connectivity index (χ0) is 17.6. The lowest BCUT2D eigenvalue weighted by molar-refractivity contribution is 0.292. The highest BCUT2D eigenvalue weighted by atomic mass is 19.1. The number of aryl methyl sites for hydroxylation is 1. The molecule has 3 aromatic rings. The number of hydrogen-bond donors (Lipinski definition) is 1. The van der Waals surface area contributed by atoms with Gasteiger partial charge < -0.3 is 9.80 Å².